The van der Waals surface area contributed by atoms with Crippen molar-refractivity contribution < 1.29 is 17.9 Å². The van der Waals surface area contributed by atoms with Crippen molar-refractivity contribution in [2.24, 2.45) is 10.7 Å². The quantitative estimate of drug-likeness (QED) is 0.244. The minimum atomic E-state index is -4.69. The third-order valence-electron chi connectivity index (χ3n) is 3.45. The van der Waals surface area contributed by atoms with Crippen molar-refractivity contribution in [3.8, 4) is 5.75 Å². The van der Waals surface area contributed by atoms with Crippen LogP contribution in [0.15, 0.2) is 35.5 Å². The Morgan fingerprint density at radius 2 is 2.00 bits per heavy atom. The monoisotopic (exact) mass is 483 g/mol. The first kappa shape index (κ1) is 22.1. The molecule has 1 heterocycles. The maximum atomic E-state index is 12.1. The highest BCUT2D eigenvalue weighted by atomic mass is 127. The molecule has 0 spiro atoms. The third kappa shape index (κ3) is 7.93. The second kappa shape index (κ2) is 10.2. The fourth-order valence-electron chi connectivity index (χ4n) is 2.15. The molecule has 0 atom stereocenters. The van der Waals surface area contributed by atoms with Crippen LogP contribution >= 0.6 is 24.0 Å². The zero-order valence-electron chi connectivity index (χ0n) is 14.1. The summed E-state index contributed by atoms with van der Waals surface area (Å²) in [6.45, 7) is 2.90. The van der Waals surface area contributed by atoms with E-state index in [9.17, 15) is 13.2 Å². The Bertz CT molecular complexity index is 701. The first-order chi connectivity index (χ1) is 11.8. The molecule has 6 nitrogen and oxygen atoms in total. The maximum Gasteiger partial charge on any atom is 0.573 e. The van der Waals surface area contributed by atoms with E-state index < -0.39 is 6.36 Å². The number of nitrogens with zero attached hydrogens (tertiary/aromatic N) is 2. The number of halogens is 4. The van der Waals surface area contributed by atoms with Gasteiger partial charge in [0, 0.05) is 12.2 Å². The van der Waals surface area contributed by atoms with Crippen LogP contribution in [0.4, 0.5) is 13.2 Å². The van der Waals surface area contributed by atoms with Crippen LogP contribution in [0.1, 0.15) is 23.2 Å². The molecule has 0 unspecified atom stereocenters. The standard InChI is InChI=1S/C16H20F3N5O.HI/c1-11-13(10-23-24-11)3-2-8-21-15(20)22-9-12-4-6-14(7-5-12)25-16(17,18)19;/h4-7,10H,2-3,8-9H2,1H3,(H,23,24)(H3,20,21,22);1H. The van der Waals surface area contributed by atoms with Crippen molar-refractivity contribution in [3.05, 3.63) is 47.3 Å². The van der Waals surface area contributed by atoms with Gasteiger partial charge in [-0.25, -0.2) is 4.99 Å². The summed E-state index contributed by atoms with van der Waals surface area (Å²) in [5, 5.41) is 9.84. The number of guanidine groups is 1. The molecule has 10 heteroatoms. The van der Waals surface area contributed by atoms with Crippen LogP contribution in [-0.2, 0) is 13.0 Å². The maximum absolute atomic E-state index is 12.1. The number of aryl methyl sites for hydroxylation is 2. The number of alkyl halides is 3. The van der Waals surface area contributed by atoms with Crippen molar-refractivity contribution >= 4 is 29.9 Å². The molecule has 2 aromatic rings. The van der Waals surface area contributed by atoms with E-state index in [1.807, 2.05) is 6.92 Å². The molecule has 0 amide bonds. The van der Waals surface area contributed by atoms with E-state index in [4.69, 9.17) is 5.73 Å². The van der Waals surface area contributed by atoms with Crippen molar-refractivity contribution in [1.82, 2.24) is 15.5 Å². The Morgan fingerprint density at radius 1 is 1.31 bits per heavy atom. The van der Waals surface area contributed by atoms with Crippen LogP contribution in [0.3, 0.4) is 0 Å². The lowest BCUT2D eigenvalue weighted by atomic mass is 10.1. The van der Waals surface area contributed by atoms with Crippen LogP contribution < -0.4 is 15.8 Å². The Hall–Kier alpha value is -1.98. The molecule has 0 fully saturated rings. The fourth-order valence-corrected chi connectivity index (χ4v) is 2.15. The minimum absolute atomic E-state index is 0. The largest absolute Gasteiger partial charge is 0.573 e. The summed E-state index contributed by atoms with van der Waals surface area (Å²) >= 11 is 0. The number of aromatic amines is 1. The molecule has 0 bridgehead atoms. The molecule has 144 valence electrons. The average molecular weight is 483 g/mol. The van der Waals surface area contributed by atoms with Gasteiger partial charge in [0.05, 0.1) is 12.7 Å². The highest BCUT2D eigenvalue weighted by Gasteiger charge is 2.30. The molecule has 0 aliphatic carbocycles. The molecule has 0 aliphatic heterocycles. The number of rotatable bonds is 7. The van der Waals surface area contributed by atoms with E-state index in [1.54, 1.807) is 6.20 Å². The smallest absolute Gasteiger partial charge is 0.406 e. The van der Waals surface area contributed by atoms with Crippen molar-refractivity contribution in [1.29, 1.82) is 0 Å². The van der Waals surface area contributed by atoms with Gasteiger partial charge in [-0.3, -0.25) is 5.10 Å². The van der Waals surface area contributed by atoms with Crippen LogP contribution in [0, 0.1) is 6.92 Å². The number of ether oxygens (including phenoxy) is 1. The van der Waals surface area contributed by atoms with Gasteiger partial charge in [0.15, 0.2) is 5.96 Å². The molecule has 4 N–H and O–H groups in total. The number of nitrogens with two attached hydrogens (primary N) is 1. The lowest BCUT2D eigenvalue weighted by Gasteiger charge is -2.09. The molecule has 0 saturated heterocycles. The number of aromatic nitrogens is 2. The van der Waals surface area contributed by atoms with Gasteiger partial charge in [-0.1, -0.05) is 12.1 Å². The van der Waals surface area contributed by atoms with Crippen LogP contribution in [0.5, 0.6) is 5.75 Å². The van der Waals surface area contributed by atoms with Crippen LogP contribution in [-0.4, -0.2) is 29.1 Å². The van der Waals surface area contributed by atoms with E-state index in [0.717, 1.165) is 24.1 Å². The minimum Gasteiger partial charge on any atom is -0.406 e. The molecular weight excluding hydrogens is 462 g/mol. The number of H-pyrrole nitrogens is 1. The topological polar surface area (TPSA) is 88.3 Å². The van der Waals surface area contributed by atoms with E-state index in [0.29, 0.717) is 12.5 Å². The molecule has 1 aromatic carbocycles. The molecule has 0 aliphatic rings. The SMILES string of the molecule is Cc1[nH]ncc1CCCNC(N)=NCc1ccc(OC(F)(F)F)cc1.I. The van der Waals surface area contributed by atoms with Crippen molar-refractivity contribution in [2.45, 2.75) is 32.7 Å². The molecule has 26 heavy (non-hydrogen) atoms. The van der Waals surface area contributed by atoms with Crippen molar-refractivity contribution in [2.75, 3.05) is 6.54 Å². The summed E-state index contributed by atoms with van der Waals surface area (Å²) in [5.41, 5.74) is 8.72. The number of aliphatic imine (C=N–C) groups is 1. The van der Waals surface area contributed by atoms with Gasteiger partial charge in [-0.05, 0) is 43.0 Å². The first-order valence-corrected chi connectivity index (χ1v) is 7.71. The summed E-state index contributed by atoms with van der Waals surface area (Å²) in [4.78, 5) is 4.15. The van der Waals surface area contributed by atoms with Gasteiger partial charge in [0.1, 0.15) is 5.75 Å². The highest BCUT2D eigenvalue weighted by molar-refractivity contribution is 14.0. The molecule has 0 radical (unpaired) electrons. The predicted octanol–water partition coefficient (Wildman–Crippen LogP) is 3.27. The summed E-state index contributed by atoms with van der Waals surface area (Å²) in [5.74, 6) is 0.0281. The van der Waals surface area contributed by atoms with Gasteiger partial charge in [0.25, 0.3) is 0 Å². The number of nitrogens with one attached hydrogen (secondary N) is 2. The zero-order valence-corrected chi connectivity index (χ0v) is 16.5. The molecule has 0 saturated carbocycles. The Kier molecular flexibility index (Phi) is 8.69. The second-order valence-corrected chi connectivity index (χ2v) is 5.44. The summed E-state index contributed by atoms with van der Waals surface area (Å²) in [6, 6.07) is 5.52. The van der Waals surface area contributed by atoms with Crippen LogP contribution in [0.25, 0.3) is 0 Å². The number of hydrogen-bond donors (Lipinski definition) is 3. The van der Waals surface area contributed by atoms with Gasteiger partial charge >= 0.3 is 6.36 Å². The lowest BCUT2D eigenvalue weighted by Crippen LogP contribution is -2.32. The first-order valence-electron chi connectivity index (χ1n) is 7.71. The summed E-state index contributed by atoms with van der Waals surface area (Å²) in [6.07, 6.45) is -1.13. The Balaban J connectivity index is 0.00000338. The normalized spacial score (nSPS) is 11.8. The third-order valence-corrected chi connectivity index (χ3v) is 3.45. The Labute approximate surface area is 166 Å². The molecule has 1 aromatic heterocycles. The molecule has 2 rings (SSSR count). The van der Waals surface area contributed by atoms with Crippen LogP contribution in [0.2, 0.25) is 0 Å². The van der Waals surface area contributed by atoms with E-state index in [2.05, 4.69) is 25.2 Å². The summed E-state index contributed by atoms with van der Waals surface area (Å²) in [7, 11) is 0. The predicted molar refractivity (Wildman–Crippen MR) is 104 cm³/mol. The lowest BCUT2D eigenvalue weighted by molar-refractivity contribution is -0.274. The fraction of sp³-hybridized carbons (Fsp3) is 0.375. The van der Waals surface area contributed by atoms with E-state index in [1.165, 1.54) is 29.8 Å². The highest BCUT2D eigenvalue weighted by Crippen LogP contribution is 2.22. The van der Waals surface area contributed by atoms with Gasteiger partial charge < -0.3 is 15.8 Å². The van der Waals surface area contributed by atoms with E-state index in [-0.39, 0.29) is 36.3 Å². The van der Waals surface area contributed by atoms with Gasteiger partial charge in [-0.2, -0.15) is 5.10 Å². The molecular formula is C16H21F3IN5O. The van der Waals surface area contributed by atoms with Crippen molar-refractivity contribution in [3.63, 3.8) is 0 Å². The summed E-state index contributed by atoms with van der Waals surface area (Å²) < 4.78 is 40.1. The average Bonchev–Trinajstić information content (AvgIpc) is 2.94. The number of hydrogen-bond acceptors (Lipinski definition) is 3. The zero-order chi connectivity index (χ0) is 18.3. The Morgan fingerprint density at radius 3 is 2.58 bits per heavy atom. The second-order valence-electron chi connectivity index (χ2n) is 5.44. The number of benzene rings is 1. The van der Waals surface area contributed by atoms with Gasteiger partial charge in [0.2, 0.25) is 0 Å². The van der Waals surface area contributed by atoms with E-state index >= 15 is 0 Å². The van der Waals surface area contributed by atoms with Gasteiger partial charge in [-0.15, -0.1) is 37.1 Å².